The van der Waals surface area contributed by atoms with Crippen molar-refractivity contribution in [3.8, 4) is 0 Å². The monoisotopic (exact) mass is 245 g/mol. The minimum Gasteiger partial charge on any atom is -0.381 e. The van der Waals surface area contributed by atoms with Crippen LogP contribution in [0.15, 0.2) is 0 Å². The lowest BCUT2D eigenvalue weighted by Gasteiger charge is -2.18. The zero-order valence-electron chi connectivity index (χ0n) is 11.6. The Balaban J connectivity index is 3.60. The highest BCUT2D eigenvalue weighted by molar-refractivity contribution is 4.47. The van der Waals surface area contributed by atoms with E-state index in [0.29, 0.717) is 6.61 Å². The van der Waals surface area contributed by atoms with Crippen LogP contribution in [-0.2, 0) is 14.2 Å². The summed E-state index contributed by atoms with van der Waals surface area (Å²) < 4.78 is 16.8. The normalized spacial score (nSPS) is 11.3. The molecule has 0 fully saturated rings. The first-order chi connectivity index (χ1) is 8.35. The molecule has 0 rings (SSSR count). The van der Waals surface area contributed by atoms with Crippen molar-refractivity contribution in [3.63, 3.8) is 0 Å². The van der Waals surface area contributed by atoms with E-state index in [1.54, 1.807) is 0 Å². The van der Waals surface area contributed by atoms with Gasteiger partial charge in [-0.25, -0.2) is 0 Å². The minimum atomic E-state index is -0.0992. The predicted molar refractivity (Wildman–Crippen MR) is 70.9 cm³/mol. The average molecular weight is 245 g/mol. The molecule has 0 aliphatic rings. The molecule has 3 nitrogen and oxygen atoms in total. The lowest BCUT2D eigenvalue weighted by Crippen LogP contribution is -2.21. The molecule has 0 aromatic carbocycles. The van der Waals surface area contributed by atoms with Crippen LogP contribution in [0.1, 0.15) is 52.4 Å². The van der Waals surface area contributed by atoms with Crippen LogP contribution in [0.4, 0.5) is 0 Å². The summed E-state index contributed by atoms with van der Waals surface area (Å²) in [6.45, 7) is 11.0. The van der Waals surface area contributed by atoms with Gasteiger partial charge >= 0.3 is 0 Å². The van der Waals surface area contributed by atoms with Crippen molar-refractivity contribution in [2.75, 3.05) is 26.4 Å². The van der Waals surface area contributed by atoms with E-state index in [2.05, 4.69) is 20.8 Å². The first kappa shape index (κ1) is 16.9. The highest BCUT2D eigenvalue weighted by atomic mass is 16.7. The third-order valence-electron chi connectivity index (χ3n) is 2.39. The van der Waals surface area contributed by atoms with Crippen LogP contribution in [0.3, 0.4) is 0 Å². The van der Waals surface area contributed by atoms with Crippen LogP contribution in [0.2, 0.25) is 0 Å². The molecule has 0 unspecified atom stereocenters. The van der Waals surface area contributed by atoms with Crippen LogP contribution in [0.5, 0.6) is 0 Å². The van der Waals surface area contributed by atoms with E-state index in [1.807, 2.05) is 0 Å². The van der Waals surface area contributed by atoms with Gasteiger partial charge in [0.25, 0.3) is 0 Å². The fraction of sp³-hybridized carbons (Fsp3) is 0.929. The van der Waals surface area contributed by atoms with Crippen LogP contribution in [0.25, 0.3) is 0 Å². The standard InChI is InChI=1S/C14H29O3/c1-4-7-11-16-14(17-12-8-5-2)9-13-15-10-6-3/h14H,3-13H2,1-2H3. The second kappa shape index (κ2) is 13.9. The Morgan fingerprint density at radius 3 is 1.94 bits per heavy atom. The van der Waals surface area contributed by atoms with Gasteiger partial charge in [-0.3, -0.25) is 0 Å². The first-order valence-electron chi connectivity index (χ1n) is 6.95. The molecule has 0 atom stereocenters. The molecule has 0 bridgehead atoms. The third-order valence-corrected chi connectivity index (χ3v) is 2.39. The Labute approximate surface area is 107 Å². The Morgan fingerprint density at radius 1 is 0.882 bits per heavy atom. The van der Waals surface area contributed by atoms with Crippen molar-refractivity contribution in [1.82, 2.24) is 0 Å². The lowest BCUT2D eigenvalue weighted by atomic mass is 10.3. The van der Waals surface area contributed by atoms with E-state index >= 15 is 0 Å². The highest BCUT2D eigenvalue weighted by Crippen LogP contribution is 2.05. The van der Waals surface area contributed by atoms with Crippen molar-refractivity contribution < 1.29 is 14.2 Å². The SMILES string of the molecule is [CH2]CCOCCC(OCCCC)OCCCC. The van der Waals surface area contributed by atoms with E-state index in [-0.39, 0.29) is 6.29 Å². The summed E-state index contributed by atoms with van der Waals surface area (Å²) in [6.07, 6.45) is 6.02. The fourth-order valence-corrected chi connectivity index (χ4v) is 1.32. The van der Waals surface area contributed by atoms with E-state index < -0.39 is 0 Å². The summed E-state index contributed by atoms with van der Waals surface area (Å²) >= 11 is 0. The number of hydrogen-bond donors (Lipinski definition) is 0. The number of unbranched alkanes of at least 4 members (excludes halogenated alkanes) is 2. The molecule has 0 spiro atoms. The molecule has 0 aliphatic heterocycles. The van der Waals surface area contributed by atoms with Gasteiger partial charge in [-0.2, -0.15) is 0 Å². The molecular formula is C14H29O3. The molecule has 0 aromatic rings. The zero-order chi connectivity index (χ0) is 12.8. The maximum Gasteiger partial charge on any atom is 0.159 e. The molecular weight excluding hydrogens is 216 g/mol. The van der Waals surface area contributed by atoms with E-state index in [4.69, 9.17) is 14.2 Å². The van der Waals surface area contributed by atoms with Crippen LogP contribution >= 0.6 is 0 Å². The van der Waals surface area contributed by atoms with Gasteiger partial charge in [0.2, 0.25) is 0 Å². The van der Waals surface area contributed by atoms with Crippen molar-refractivity contribution in [1.29, 1.82) is 0 Å². The summed E-state index contributed by atoms with van der Waals surface area (Å²) in [6, 6.07) is 0. The smallest absolute Gasteiger partial charge is 0.159 e. The molecule has 0 heterocycles. The van der Waals surface area contributed by atoms with E-state index in [9.17, 15) is 0 Å². The van der Waals surface area contributed by atoms with Crippen molar-refractivity contribution in [2.24, 2.45) is 0 Å². The van der Waals surface area contributed by atoms with Gasteiger partial charge in [0, 0.05) is 26.2 Å². The van der Waals surface area contributed by atoms with Crippen LogP contribution in [0, 0.1) is 6.92 Å². The Bertz CT molecular complexity index is 129. The molecule has 0 aromatic heterocycles. The summed E-state index contributed by atoms with van der Waals surface area (Å²) in [5.74, 6) is 0. The number of hydrogen-bond acceptors (Lipinski definition) is 3. The summed E-state index contributed by atoms with van der Waals surface area (Å²) in [5.41, 5.74) is 0. The van der Waals surface area contributed by atoms with Crippen molar-refractivity contribution in [3.05, 3.63) is 6.92 Å². The molecule has 0 amide bonds. The number of ether oxygens (including phenoxy) is 3. The Hall–Kier alpha value is -0.120. The fourth-order valence-electron chi connectivity index (χ4n) is 1.32. The second-order valence-corrected chi connectivity index (χ2v) is 4.13. The van der Waals surface area contributed by atoms with Gasteiger partial charge in [-0.1, -0.05) is 33.6 Å². The van der Waals surface area contributed by atoms with Gasteiger partial charge in [0.1, 0.15) is 0 Å². The topological polar surface area (TPSA) is 27.7 Å². The molecule has 17 heavy (non-hydrogen) atoms. The van der Waals surface area contributed by atoms with E-state index in [0.717, 1.165) is 58.3 Å². The molecule has 0 saturated carbocycles. The maximum absolute atomic E-state index is 5.69. The molecule has 1 radical (unpaired) electrons. The van der Waals surface area contributed by atoms with Gasteiger partial charge in [0.15, 0.2) is 6.29 Å². The van der Waals surface area contributed by atoms with Crippen LogP contribution in [-0.4, -0.2) is 32.7 Å². The second-order valence-electron chi connectivity index (χ2n) is 4.13. The molecule has 103 valence electrons. The highest BCUT2D eigenvalue weighted by Gasteiger charge is 2.08. The first-order valence-corrected chi connectivity index (χ1v) is 6.95. The molecule has 3 heteroatoms. The minimum absolute atomic E-state index is 0.0992. The van der Waals surface area contributed by atoms with Crippen molar-refractivity contribution >= 4 is 0 Å². The largest absolute Gasteiger partial charge is 0.381 e. The Kier molecular flexibility index (Phi) is 13.8. The molecule has 0 aliphatic carbocycles. The van der Waals surface area contributed by atoms with Crippen molar-refractivity contribution in [2.45, 2.75) is 58.7 Å². The molecule has 0 N–H and O–H groups in total. The summed E-state index contributed by atoms with van der Waals surface area (Å²) in [4.78, 5) is 0. The van der Waals surface area contributed by atoms with Gasteiger partial charge in [-0.15, -0.1) is 0 Å². The van der Waals surface area contributed by atoms with Gasteiger partial charge in [0.05, 0.1) is 6.61 Å². The molecule has 0 saturated heterocycles. The van der Waals surface area contributed by atoms with Crippen LogP contribution < -0.4 is 0 Å². The quantitative estimate of drug-likeness (QED) is 0.367. The summed E-state index contributed by atoms with van der Waals surface area (Å²) in [5, 5.41) is 0. The number of rotatable bonds is 13. The summed E-state index contributed by atoms with van der Waals surface area (Å²) in [7, 11) is 0. The van der Waals surface area contributed by atoms with Gasteiger partial charge < -0.3 is 14.2 Å². The lowest BCUT2D eigenvalue weighted by molar-refractivity contribution is -0.153. The third kappa shape index (κ3) is 12.1. The Morgan fingerprint density at radius 2 is 1.47 bits per heavy atom. The van der Waals surface area contributed by atoms with E-state index in [1.165, 1.54) is 0 Å². The maximum atomic E-state index is 5.69. The average Bonchev–Trinajstić information content (AvgIpc) is 2.34. The predicted octanol–water partition coefficient (Wildman–Crippen LogP) is 3.58. The zero-order valence-corrected chi connectivity index (χ0v) is 11.6. The van der Waals surface area contributed by atoms with Gasteiger partial charge in [-0.05, 0) is 19.3 Å².